The monoisotopic (exact) mass is 241 g/mol. The molecule has 0 saturated heterocycles. The van der Waals surface area contributed by atoms with Gasteiger partial charge in [0.25, 0.3) is 0 Å². The molecule has 0 fully saturated rings. The van der Waals surface area contributed by atoms with E-state index in [4.69, 9.17) is 28.9 Å². The molecule has 5 heteroatoms. The molecule has 0 aromatic rings. The second-order valence-electron chi connectivity index (χ2n) is 3.13. The Balaban J connectivity index is 3.44. The van der Waals surface area contributed by atoms with E-state index in [0.717, 1.165) is 25.7 Å². The van der Waals surface area contributed by atoms with Crippen LogP contribution < -0.4 is 5.73 Å². The Labute approximate surface area is 94.9 Å². The highest BCUT2D eigenvalue weighted by molar-refractivity contribution is 6.18. The smallest absolute Gasteiger partial charge is 0.404 e. The molecule has 0 heterocycles. The van der Waals surface area contributed by atoms with Gasteiger partial charge in [0.15, 0.2) is 0 Å². The Morgan fingerprint density at radius 3 is 2.21 bits per heavy atom. The first-order valence-electron chi connectivity index (χ1n) is 4.74. The summed E-state index contributed by atoms with van der Waals surface area (Å²) in [6.07, 6.45) is 3.01. The summed E-state index contributed by atoms with van der Waals surface area (Å²) in [5, 5.41) is 0. The maximum absolute atomic E-state index is 10.3. The number of hydrogen-bond acceptors (Lipinski definition) is 2. The summed E-state index contributed by atoms with van der Waals surface area (Å²) in [6, 6.07) is 0. The number of halogens is 2. The average molecular weight is 242 g/mol. The number of carbonyl (C=O) groups excluding carboxylic acids is 1. The van der Waals surface area contributed by atoms with E-state index in [1.165, 1.54) is 0 Å². The summed E-state index contributed by atoms with van der Waals surface area (Å²) in [6.45, 7) is 0.385. The minimum Gasteiger partial charge on any atom is -0.450 e. The normalized spacial score (nSPS) is 10.5. The zero-order valence-electron chi connectivity index (χ0n) is 8.18. The van der Waals surface area contributed by atoms with Gasteiger partial charge >= 0.3 is 6.09 Å². The van der Waals surface area contributed by atoms with E-state index in [0.29, 0.717) is 24.3 Å². The predicted molar refractivity (Wildman–Crippen MR) is 58.9 cm³/mol. The zero-order chi connectivity index (χ0) is 10.8. The first-order chi connectivity index (χ1) is 6.70. The third-order valence-electron chi connectivity index (χ3n) is 2.04. The largest absolute Gasteiger partial charge is 0.450 e. The standard InChI is InChI=1S/C9H17Cl2NO2/c10-5-3-8(4-6-11)2-1-7-14-9(12)13/h8H,1-7H2,(H2,12,13). The fourth-order valence-corrected chi connectivity index (χ4v) is 1.90. The molecule has 0 spiro atoms. The van der Waals surface area contributed by atoms with Gasteiger partial charge in [-0.25, -0.2) is 4.79 Å². The molecule has 0 aliphatic rings. The number of nitrogens with two attached hydrogens (primary N) is 1. The summed E-state index contributed by atoms with van der Waals surface area (Å²) in [7, 11) is 0. The lowest BCUT2D eigenvalue weighted by molar-refractivity contribution is 0.152. The number of primary amides is 1. The van der Waals surface area contributed by atoms with E-state index >= 15 is 0 Å². The molecule has 0 aliphatic carbocycles. The van der Waals surface area contributed by atoms with E-state index in [1.807, 2.05) is 0 Å². The van der Waals surface area contributed by atoms with Crippen molar-refractivity contribution in [1.29, 1.82) is 0 Å². The molecule has 0 unspecified atom stereocenters. The number of amides is 1. The van der Waals surface area contributed by atoms with Crippen LogP contribution in [0, 0.1) is 5.92 Å². The highest BCUT2D eigenvalue weighted by Crippen LogP contribution is 2.17. The molecule has 0 aromatic carbocycles. The molecule has 14 heavy (non-hydrogen) atoms. The van der Waals surface area contributed by atoms with Gasteiger partial charge in [0.2, 0.25) is 0 Å². The van der Waals surface area contributed by atoms with Gasteiger partial charge in [0.1, 0.15) is 0 Å². The van der Waals surface area contributed by atoms with Gasteiger partial charge in [0, 0.05) is 11.8 Å². The van der Waals surface area contributed by atoms with Crippen molar-refractivity contribution < 1.29 is 9.53 Å². The van der Waals surface area contributed by atoms with E-state index in [-0.39, 0.29) is 0 Å². The predicted octanol–water partition coefficient (Wildman–Crippen LogP) is 2.74. The number of carbonyl (C=O) groups is 1. The minimum absolute atomic E-state index is 0.385. The van der Waals surface area contributed by atoms with E-state index in [9.17, 15) is 4.79 Å². The van der Waals surface area contributed by atoms with Crippen LogP contribution in [0.3, 0.4) is 0 Å². The molecule has 0 saturated carbocycles. The second-order valence-corrected chi connectivity index (χ2v) is 3.89. The molecule has 2 N–H and O–H groups in total. The number of alkyl halides is 2. The number of hydrogen-bond donors (Lipinski definition) is 1. The van der Waals surface area contributed by atoms with Crippen LogP contribution in [0.25, 0.3) is 0 Å². The lowest BCUT2D eigenvalue weighted by Crippen LogP contribution is -2.14. The first kappa shape index (κ1) is 13.8. The Morgan fingerprint density at radius 1 is 1.21 bits per heavy atom. The fourth-order valence-electron chi connectivity index (χ4n) is 1.29. The molecule has 0 aromatic heterocycles. The van der Waals surface area contributed by atoms with Gasteiger partial charge in [-0.15, -0.1) is 23.2 Å². The Kier molecular flexibility index (Phi) is 9.31. The van der Waals surface area contributed by atoms with Crippen LogP contribution in [0.1, 0.15) is 25.7 Å². The van der Waals surface area contributed by atoms with Crippen LogP contribution in [-0.4, -0.2) is 24.5 Å². The summed E-state index contributed by atoms with van der Waals surface area (Å²) in [4.78, 5) is 10.3. The molecule has 84 valence electrons. The maximum Gasteiger partial charge on any atom is 0.404 e. The van der Waals surface area contributed by atoms with Crippen LogP contribution in [0.4, 0.5) is 4.79 Å². The van der Waals surface area contributed by atoms with Crippen molar-refractivity contribution in [1.82, 2.24) is 0 Å². The molecule has 1 amide bonds. The Bertz CT molecular complexity index is 150. The van der Waals surface area contributed by atoms with Crippen LogP contribution >= 0.6 is 23.2 Å². The molecule has 0 atom stereocenters. The average Bonchev–Trinajstić information content (AvgIpc) is 2.12. The van der Waals surface area contributed by atoms with Crippen LogP contribution in [0.15, 0.2) is 0 Å². The van der Waals surface area contributed by atoms with Gasteiger partial charge in [-0.2, -0.15) is 0 Å². The lowest BCUT2D eigenvalue weighted by atomic mass is 9.98. The quantitative estimate of drug-likeness (QED) is 0.525. The summed E-state index contributed by atoms with van der Waals surface area (Å²) >= 11 is 11.3. The SMILES string of the molecule is NC(=O)OCCCC(CCCl)CCCl. The van der Waals surface area contributed by atoms with Crippen molar-refractivity contribution in [3.8, 4) is 0 Å². The Morgan fingerprint density at radius 2 is 1.79 bits per heavy atom. The molecule has 0 rings (SSSR count). The van der Waals surface area contributed by atoms with Gasteiger partial charge in [-0.05, 0) is 31.6 Å². The van der Waals surface area contributed by atoms with E-state index in [1.54, 1.807) is 0 Å². The van der Waals surface area contributed by atoms with Crippen molar-refractivity contribution in [2.75, 3.05) is 18.4 Å². The highest BCUT2D eigenvalue weighted by atomic mass is 35.5. The number of ether oxygens (including phenoxy) is 1. The Hall–Kier alpha value is -0.150. The molecular weight excluding hydrogens is 225 g/mol. The lowest BCUT2D eigenvalue weighted by Gasteiger charge is -2.13. The summed E-state index contributed by atoms with van der Waals surface area (Å²) in [5.41, 5.74) is 4.82. The number of rotatable bonds is 8. The van der Waals surface area contributed by atoms with Crippen molar-refractivity contribution >= 4 is 29.3 Å². The van der Waals surface area contributed by atoms with Gasteiger partial charge < -0.3 is 10.5 Å². The van der Waals surface area contributed by atoms with Gasteiger partial charge in [-0.3, -0.25) is 0 Å². The third kappa shape index (κ3) is 8.45. The fraction of sp³-hybridized carbons (Fsp3) is 0.889. The molecular formula is C9H17Cl2NO2. The second kappa shape index (κ2) is 9.41. The van der Waals surface area contributed by atoms with Crippen molar-refractivity contribution in [2.45, 2.75) is 25.7 Å². The topological polar surface area (TPSA) is 52.3 Å². The van der Waals surface area contributed by atoms with Crippen molar-refractivity contribution in [3.63, 3.8) is 0 Å². The molecule has 0 bridgehead atoms. The molecule has 0 radical (unpaired) electrons. The van der Waals surface area contributed by atoms with Gasteiger partial charge in [0.05, 0.1) is 6.61 Å². The van der Waals surface area contributed by atoms with Crippen molar-refractivity contribution in [2.24, 2.45) is 11.7 Å². The summed E-state index contributed by atoms with van der Waals surface area (Å²) in [5.74, 6) is 1.83. The zero-order valence-corrected chi connectivity index (χ0v) is 9.69. The highest BCUT2D eigenvalue weighted by Gasteiger charge is 2.07. The van der Waals surface area contributed by atoms with Crippen molar-refractivity contribution in [3.05, 3.63) is 0 Å². The van der Waals surface area contributed by atoms with Gasteiger partial charge in [-0.1, -0.05) is 0 Å². The van der Waals surface area contributed by atoms with Crippen LogP contribution in [0.5, 0.6) is 0 Å². The van der Waals surface area contributed by atoms with Crippen LogP contribution in [0.2, 0.25) is 0 Å². The third-order valence-corrected chi connectivity index (χ3v) is 2.47. The van der Waals surface area contributed by atoms with E-state index < -0.39 is 6.09 Å². The summed E-state index contributed by atoms with van der Waals surface area (Å²) < 4.78 is 4.62. The maximum atomic E-state index is 10.3. The minimum atomic E-state index is -0.712. The van der Waals surface area contributed by atoms with E-state index in [2.05, 4.69) is 4.74 Å². The first-order valence-corrected chi connectivity index (χ1v) is 5.81. The molecule has 3 nitrogen and oxygen atoms in total. The van der Waals surface area contributed by atoms with Crippen LogP contribution in [-0.2, 0) is 4.74 Å². The molecule has 0 aliphatic heterocycles.